The van der Waals surface area contributed by atoms with Gasteiger partial charge < -0.3 is 10.1 Å². The smallest absolute Gasteiger partial charge is 0.307 e. The van der Waals surface area contributed by atoms with Crippen LogP contribution in [0.1, 0.15) is 17.5 Å². The Morgan fingerprint density at radius 1 is 1.07 bits per heavy atom. The topological polar surface area (TPSA) is 89.5 Å². The first-order valence-electron chi connectivity index (χ1n) is 8.18. The average molecular weight is 393 g/mol. The number of amides is 1. The van der Waals surface area contributed by atoms with Crippen LogP contribution >= 0.6 is 0 Å². The van der Waals surface area contributed by atoms with Crippen LogP contribution in [-0.2, 0) is 24.2 Å². The molecule has 0 saturated carbocycles. The number of rotatable bonds is 7. The van der Waals surface area contributed by atoms with Crippen molar-refractivity contribution < 1.29 is 27.1 Å². The number of carbonyl (C=O) groups is 2. The third-order valence-electron chi connectivity index (χ3n) is 3.77. The molecule has 2 rings (SSSR count). The van der Waals surface area contributed by atoms with Crippen LogP contribution in [0.4, 0.5) is 10.1 Å². The van der Waals surface area contributed by atoms with Crippen LogP contribution < -0.4 is 5.32 Å². The first-order chi connectivity index (χ1) is 12.7. The molecule has 27 heavy (non-hydrogen) atoms. The number of aryl methyl sites for hydroxylation is 2. The van der Waals surface area contributed by atoms with Gasteiger partial charge in [0.15, 0.2) is 16.4 Å². The van der Waals surface area contributed by atoms with Crippen molar-refractivity contribution in [3.05, 3.63) is 59.4 Å². The fourth-order valence-corrected chi connectivity index (χ4v) is 3.56. The molecule has 0 atom stereocenters. The summed E-state index contributed by atoms with van der Waals surface area (Å²) in [6, 6.07) is 9.82. The number of ether oxygens (including phenoxy) is 1. The molecule has 0 aliphatic heterocycles. The second-order valence-electron chi connectivity index (χ2n) is 6.05. The number of nitrogens with one attached hydrogen (secondary N) is 1. The minimum absolute atomic E-state index is 0.0794. The maximum absolute atomic E-state index is 12.9. The number of carbonyl (C=O) groups excluding carboxylic acids is 2. The summed E-state index contributed by atoms with van der Waals surface area (Å²) in [5.41, 5.74) is 2.54. The van der Waals surface area contributed by atoms with Gasteiger partial charge in [-0.1, -0.05) is 17.7 Å². The van der Waals surface area contributed by atoms with Crippen molar-refractivity contribution in [3.63, 3.8) is 0 Å². The van der Waals surface area contributed by atoms with Gasteiger partial charge in [0, 0.05) is 5.69 Å². The van der Waals surface area contributed by atoms with Crippen molar-refractivity contribution in [2.75, 3.05) is 17.7 Å². The molecule has 0 fully saturated rings. The van der Waals surface area contributed by atoms with Gasteiger partial charge in [-0.3, -0.25) is 9.59 Å². The number of anilines is 1. The molecular weight excluding hydrogens is 373 g/mol. The van der Waals surface area contributed by atoms with Crippen LogP contribution in [0.2, 0.25) is 0 Å². The van der Waals surface area contributed by atoms with Crippen molar-refractivity contribution in [2.24, 2.45) is 0 Å². The van der Waals surface area contributed by atoms with Crippen LogP contribution in [0.15, 0.2) is 47.4 Å². The van der Waals surface area contributed by atoms with Crippen LogP contribution in [-0.4, -0.2) is 32.7 Å². The molecule has 2 aromatic rings. The highest BCUT2D eigenvalue weighted by atomic mass is 32.2. The summed E-state index contributed by atoms with van der Waals surface area (Å²) in [7, 11) is -3.74. The van der Waals surface area contributed by atoms with Crippen molar-refractivity contribution in [3.8, 4) is 0 Å². The molecule has 2 aromatic carbocycles. The van der Waals surface area contributed by atoms with Crippen LogP contribution in [0.5, 0.6) is 0 Å². The maximum Gasteiger partial charge on any atom is 0.307 e. The minimum atomic E-state index is -3.74. The Balaban J connectivity index is 1.81. The van der Waals surface area contributed by atoms with Crippen molar-refractivity contribution in [1.29, 1.82) is 0 Å². The summed E-state index contributed by atoms with van der Waals surface area (Å²) in [4.78, 5) is 23.5. The molecule has 0 saturated heterocycles. The average Bonchev–Trinajstić information content (AvgIpc) is 2.61. The molecule has 0 aromatic heterocycles. The maximum atomic E-state index is 12.9. The van der Waals surface area contributed by atoms with E-state index >= 15 is 0 Å². The third kappa shape index (κ3) is 6.18. The van der Waals surface area contributed by atoms with Crippen LogP contribution in [0.25, 0.3) is 0 Å². The molecule has 144 valence electrons. The zero-order valence-electron chi connectivity index (χ0n) is 15.0. The number of hydrogen-bond donors (Lipinski definition) is 1. The summed E-state index contributed by atoms with van der Waals surface area (Å²) < 4.78 is 41.8. The summed E-state index contributed by atoms with van der Waals surface area (Å²) >= 11 is 0. The Morgan fingerprint density at radius 2 is 1.74 bits per heavy atom. The SMILES string of the molecule is Cc1ccc(NC(=O)COC(=O)CCS(=O)(=O)c2ccc(F)cc2)c(C)c1. The highest BCUT2D eigenvalue weighted by Gasteiger charge is 2.18. The van der Waals surface area contributed by atoms with Gasteiger partial charge in [-0.15, -0.1) is 0 Å². The molecule has 1 amide bonds. The molecule has 0 heterocycles. The first kappa shape index (κ1) is 20.6. The van der Waals surface area contributed by atoms with Gasteiger partial charge in [-0.05, 0) is 49.7 Å². The van der Waals surface area contributed by atoms with Crippen molar-refractivity contribution >= 4 is 27.4 Å². The van der Waals surface area contributed by atoms with E-state index in [0.29, 0.717) is 5.69 Å². The van der Waals surface area contributed by atoms with Crippen LogP contribution in [0.3, 0.4) is 0 Å². The van der Waals surface area contributed by atoms with Gasteiger partial charge in [0.1, 0.15) is 5.82 Å². The summed E-state index contributed by atoms with van der Waals surface area (Å²) in [6.07, 6.45) is -0.406. The van der Waals surface area contributed by atoms with E-state index < -0.39 is 46.3 Å². The Kier molecular flexibility index (Phi) is 6.68. The number of halogens is 1. The van der Waals surface area contributed by atoms with E-state index in [1.807, 2.05) is 26.0 Å². The highest BCUT2D eigenvalue weighted by Crippen LogP contribution is 2.16. The molecule has 8 heteroatoms. The lowest BCUT2D eigenvalue weighted by molar-refractivity contribution is -0.146. The number of benzene rings is 2. The Labute approximate surface area is 157 Å². The molecule has 0 spiro atoms. The lowest BCUT2D eigenvalue weighted by Gasteiger charge is -2.10. The molecule has 6 nitrogen and oxygen atoms in total. The van der Waals surface area contributed by atoms with Gasteiger partial charge in [0.25, 0.3) is 5.91 Å². The fraction of sp³-hybridized carbons (Fsp3) is 0.263. The van der Waals surface area contributed by atoms with Gasteiger partial charge in [0.2, 0.25) is 0 Å². The van der Waals surface area contributed by atoms with Gasteiger partial charge in [-0.2, -0.15) is 0 Å². The summed E-state index contributed by atoms with van der Waals surface area (Å²) in [5.74, 6) is -2.37. The van der Waals surface area contributed by atoms with E-state index in [2.05, 4.69) is 5.32 Å². The Morgan fingerprint density at radius 3 is 2.37 bits per heavy atom. The monoisotopic (exact) mass is 393 g/mol. The third-order valence-corrected chi connectivity index (χ3v) is 5.50. The van der Waals surface area contributed by atoms with Gasteiger partial charge in [-0.25, -0.2) is 12.8 Å². The second-order valence-corrected chi connectivity index (χ2v) is 8.16. The van der Waals surface area contributed by atoms with E-state index in [0.717, 1.165) is 35.4 Å². The molecule has 0 aliphatic carbocycles. The summed E-state index contributed by atoms with van der Waals surface area (Å²) in [5, 5.41) is 2.63. The lowest BCUT2D eigenvalue weighted by atomic mass is 10.1. The van der Waals surface area contributed by atoms with Crippen molar-refractivity contribution in [1.82, 2.24) is 0 Å². The number of esters is 1. The van der Waals surface area contributed by atoms with Crippen LogP contribution in [0, 0.1) is 19.7 Å². The number of hydrogen-bond acceptors (Lipinski definition) is 5. The molecule has 0 unspecified atom stereocenters. The lowest BCUT2D eigenvalue weighted by Crippen LogP contribution is -2.22. The quantitative estimate of drug-likeness (QED) is 0.577. The van der Waals surface area contributed by atoms with E-state index in [1.54, 1.807) is 6.07 Å². The fourth-order valence-electron chi connectivity index (χ4n) is 2.34. The highest BCUT2D eigenvalue weighted by molar-refractivity contribution is 7.91. The molecule has 1 N–H and O–H groups in total. The first-order valence-corrected chi connectivity index (χ1v) is 9.83. The Bertz CT molecular complexity index is 939. The number of sulfone groups is 1. The second kappa shape index (κ2) is 8.77. The molecule has 0 aliphatic rings. The van der Waals surface area contributed by atoms with Gasteiger partial charge >= 0.3 is 5.97 Å². The van der Waals surface area contributed by atoms with E-state index in [-0.39, 0.29) is 4.90 Å². The standard InChI is InChI=1S/C19H20FNO5S/c1-13-3-8-17(14(2)11-13)21-18(22)12-26-19(23)9-10-27(24,25)16-6-4-15(20)5-7-16/h3-8,11H,9-10,12H2,1-2H3,(H,21,22). The van der Waals surface area contributed by atoms with E-state index in [9.17, 15) is 22.4 Å². The zero-order chi connectivity index (χ0) is 20.0. The predicted molar refractivity (Wildman–Crippen MR) is 98.6 cm³/mol. The molecule has 0 bridgehead atoms. The molecular formula is C19H20FNO5S. The zero-order valence-corrected chi connectivity index (χ0v) is 15.8. The molecule has 0 radical (unpaired) electrons. The predicted octanol–water partition coefficient (Wildman–Crippen LogP) is 2.79. The van der Waals surface area contributed by atoms with Crippen molar-refractivity contribution in [2.45, 2.75) is 25.2 Å². The normalized spacial score (nSPS) is 11.1. The van der Waals surface area contributed by atoms with E-state index in [4.69, 9.17) is 4.74 Å². The van der Waals surface area contributed by atoms with Gasteiger partial charge in [0.05, 0.1) is 17.1 Å². The van der Waals surface area contributed by atoms with E-state index in [1.165, 1.54) is 0 Å². The Hall–Kier alpha value is -2.74. The summed E-state index contributed by atoms with van der Waals surface area (Å²) in [6.45, 7) is 3.26. The minimum Gasteiger partial charge on any atom is -0.456 e. The largest absolute Gasteiger partial charge is 0.456 e.